The quantitative estimate of drug-likeness (QED) is 0.664. The topological polar surface area (TPSA) is 45.6 Å². The van der Waals surface area contributed by atoms with Crippen molar-refractivity contribution in [3.63, 3.8) is 0 Å². The molecule has 0 N–H and O–H groups in total. The third kappa shape index (κ3) is 2.63. The lowest BCUT2D eigenvalue weighted by molar-refractivity contribution is -0.130. The summed E-state index contributed by atoms with van der Waals surface area (Å²) in [6.45, 7) is 2.69. The van der Waals surface area contributed by atoms with Gasteiger partial charge in [0, 0.05) is 23.7 Å². The summed E-state index contributed by atoms with van der Waals surface area (Å²) in [6, 6.07) is 18.8. The molecule has 0 radical (unpaired) electrons. The number of rotatable bonds is 3. The Hall–Kier alpha value is -3.01. The highest BCUT2D eigenvalue weighted by atomic mass is 16.2. The van der Waals surface area contributed by atoms with E-state index in [0.717, 1.165) is 59.1 Å². The summed E-state index contributed by atoms with van der Waals surface area (Å²) >= 11 is 0. The van der Waals surface area contributed by atoms with Crippen LogP contribution in [-0.2, 0) is 4.79 Å². The normalized spacial score (nSPS) is 18.2. The number of pyridine rings is 1. The maximum atomic E-state index is 13.0. The van der Waals surface area contributed by atoms with Gasteiger partial charge in [-0.2, -0.15) is 0 Å². The maximum Gasteiger partial charge on any atom is 0.256 e. The van der Waals surface area contributed by atoms with Gasteiger partial charge in [0.2, 0.25) is 0 Å². The van der Waals surface area contributed by atoms with Crippen LogP contribution in [0.25, 0.3) is 22.0 Å². The van der Waals surface area contributed by atoms with Gasteiger partial charge < -0.3 is 0 Å². The highest BCUT2D eigenvalue weighted by Crippen LogP contribution is 2.40. The molecular formula is C24H23N3O. The SMILES string of the molecule is CCN1C(=O)C2(CCCC2)N=C1c1ccc(-c2ccc3ncccc3c2)cc1. The minimum Gasteiger partial charge on any atom is -0.295 e. The molecule has 4 heteroatoms. The Morgan fingerprint density at radius 1 is 0.964 bits per heavy atom. The van der Waals surface area contributed by atoms with Crippen molar-refractivity contribution in [1.29, 1.82) is 0 Å². The number of hydrogen-bond acceptors (Lipinski definition) is 3. The Morgan fingerprint density at radius 3 is 2.43 bits per heavy atom. The van der Waals surface area contributed by atoms with Gasteiger partial charge in [0.15, 0.2) is 0 Å². The van der Waals surface area contributed by atoms with E-state index in [4.69, 9.17) is 4.99 Å². The van der Waals surface area contributed by atoms with Crippen LogP contribution in [0.5, 0.6) is 0 Å². The molecule has 1 aliphatic carbocycles. The Bertz CT molecular complexity index is 1080. The molecule has 0 saturated heterocycles. The molecule has 2 aliphatic rings. The first-order valence-electron chi connectivity index (χ1n) is 10.1. The lowest BCUT2D eigenvalue weighted by Gasteiger charge is -2.21. The van der Waals surface area contributed by atoms with Crippen LogP contribution in [0.4, 0.5) is 0 Å². The molecule has 0 bridgehead atoms. The van der Waals surface area contributed by atoms with Crippen LogP contribution in [0.2, 0.25) is 0 Å². The van der Waals surface area contributed by atoms with Crippen LogP contribution in [-0.4, -0.2) is 33.7 Å². The summed E-state index contributed by atoms with van der Waals surface area (Å²) in [5.74, 6) is 1.03. The Balaban J connectivity index is 1.49. The van der Waals surface area contributed by atoms with Gasteiger partial charge in [0.05, 0.1) is 5.52 Å². The zero-order valence-corrected chi connectivity index (χ0v) is 16.1. The average Bonchev–Trinajstić information content (AvgIpc) is 3.33. The molecule has 1 aromatic heterocycles. The van der Waals surface area contributed by atoms with Crippen LogP contribution in [0.15, 0.2) is 65.8 Å². The van der Waals surface area contributed by atoms with Gasteiger partial charge in [-0.1, -0.05) is 49.2 Å². The van der Waals surface area contributed by atoms with E-state index in [1.807, 2.05) is 24.1 Å². The van der Waals surface area contributed by atoms with Crippen molar-refractivity contribution < 1.29 is 4.79 Å². The molecule has 1 spiro atoms. The zero-order valence-electron chi connectivity index (χ0n) is 16.1. The molecule has 1 amide bonds. The molecule has 4 nitrogen and oxygen atoms in total. The number of fused-ring (bicyclic) bond motifs is 1. The lowest BCUT2D eigenvalue weighted by Crippen LogP contribution is -2.41. The number of hydrogen-bond donors (Lipinski definition) is 0. The van der Waals surface area contributed by atoms with Gasteiger partial charge in [-0.15, -0.1) is 0 Å². The van der Waals surface area contributed by atoms with Crippen molar-refractivity contribution in [1.82, 2.24) is 9.88 Å². The fourth-order valence-corrected chi connectivity index (χ4v) is 4.52. The molecule has 0 atom stereocenters. The van der Waals surface area contributed by atoms with Gasteiger partial charge in [-0.3, -0.25) is 19.7 Å². The molecule has 3 aromatic rings. The van der Waals surface area contributed by atoms with E-state index in [9.17, 15) is 4.79 Å². The van der Waals surface area contributed by atoms with Gasteiger partial charge in [0.25, 0.3) is 5.91 Å². The second-order valence-electron chi connectivity index (χ2n) is 7.71. The van der Waals surface area contributed by atoms with Crippen molar-refractivity contribution in [2.45, 2.75) is 38.1 Å². The third-order valence-electron chi connectivity index (χ3n) is 6.05. The fourth-order valence-electron chi connectivity index (χ4n) is 4.52. The van der Waals surface area contributed by atoms with Crippen LogP contribution in [0.1, 0.15) is 38.2 Å². The Kier molecular flexibility index (Phi) is 4.00. The lowest BCUT2D eigenvalue weighted by atomic mass is 9.98. The third-order valence-corrected chi connectivity index (χ3v) is 6.05. The molecule has 5 rings (SSSR count). The van der Waals surface area contributed by atoms with Crippen molar-refractivity contribution in [2.24, 2.45) is 4.99 Å². The monoisotopic (exact) mass is 369 g/mol. The Morgan fingerprint density at radius 2 is 1.68 bits per heavy atom. The standard InChI is InChI=1S/C24H23N3O/c1-2-27-22(26-24(23(27)28)13-3-4-14-24)18-9-7-17(8-10-18)19-11-12-21-20(16-19)6-5-15-25-21/h5-12,15-16H,2-4,13-14H2,1H3. The molecule has 28 heavy (non-hydrogen) atoms. The number of amidine groups is 1. The number of amides is 1. The van der Waals surface area contributed by atoms with Crippen molar-refractivity contribution in [2.75, 3.05) is 6.54 Å². The number of aliphatic imine (C=N–C) groups is 1. The highest BCUT2D eigenvalue weighted by molar-refractivity contribution is 6.15. The van der Waals surface area contributed by atoms with Gasteiger partial charge in [0.1, 0.15) is 11.4 Å². The number of carbonyl (C=O) groups is 1. The smallest absolute Gasteiger partial charge is 0.256 e. The summed E-state index contributed by atoms with van der Waals surface area (Å²) in [5.41, 5.74) is 3.84. The summed E-state index contributed by atoms with van der Waals surface area (Å²) < 4.78 is 0. The molecule has 2 aromatic carbocycles. The predicted octanol–water partition coefficient (Wildman–Crippen LogP) is 4.82. The first-order valence-corrected chi connectivity index (χ1v) is 10.1. The van der Waals surface area contributed by atoms with Crippen LogP contribution >= 0.6 is 0 Å². The van der Waals surface area contributed by atoms with Crippen LogP contribution in [0, 0.1) is 0 Å². The van der Waals surface area contributed by atoms with E-state index >= 15 is 0 Å². The number of benzene rings is 2. The second kappa shape index (κ2) is 6.55. The van der Waals surface area contributed by atoms with E-state index in [1.54, 1.807) is 0 Å². The van der Waals surface area contributed by atoms with E-state index in [1.165, 1.54) is 0 Å². The first kappa shape index (κ1) is 17.1. The first-order chi connectivity index (χ1) is 13.7. The van der Waals surface area contributed by atoms with E-state index in [2.05, 4.69) is 53.5 Å². The second-order valence-corrected chi connectivity index (χ2v) is 7.71. The number of likely N-dealkylation sites (N-methyl/N-ethyl adjacent to an activating group) is 1. The summed E-state index contributed by atoms with van der Waals surface area (Å²) in [4.78, 5) is 24.2. The van der Waals surface area contributed by atoms with Crippen LogP contribution in [0.3, 0.4) is 0 Å². The van der Waals surface area contributed by atoms with Gasteiger partial charge in [-0.25, -0.2) is 0 Å². The molecule has 140 valence electrons. The minimum absolute atomic E-state index is 0.189. The fraction of sp³-hybridized carbons (Fsp3) is 0.292. The zero-order chi connectivity index (χ0) is 19.1. The number of aromatic nitrogens is 1. The summed E-state index contributed by atoms with van der Waals surface area (Å²) in [6.07, 6.45) is 5.77. The largest absolute Gasteiger partial charge is 0.295 e. The predicted molar refractivity (Wildman–Crippen MR) is 112 cm³/mol. The summed E-state index contributed by atoms with van der Waals surface area (Å²) in [7, 11) is 0. The van der Waals surface area contributed by atoms with E-state index in [0.29, 0.717) is 6.54 Å². The van der Waals surface area contributed by atoms with Gasteiger partial charge in [-0.05, 0) is 49.1 Å². The van der Waals surface area contributed by atoms with Crippen LogP contribution < -0.4 is 0 Å². The number of carbonyl (C=O) groups excluding carboxylic acids is 1. The summed E-state index contributed by atoms with van der Waals surface area (Å²) in [5, 5.41) is 1.13. The molecule has 1 fully saturated rings. The van der Waals surface area contributed by atoms with Crippen molar-refractivity contribution in [3.05, 3.63) is 66.4 Å². The molecule has 0 unspecified atom stereocenters. The molecule has 2 heterocycles. The van der Waals surface area contributed by atoms with E-state index < -0.39 is 5.54 Å². The van der Waals surface area contributed by atoms with Crippen molar-refractivity contribution >= 4 is 22.6 Å². The molecule has 1 saturated carbocycles. The van der Waals surface area contributed by atoms with Crippen molar-refractivity contribution in [3.8, 4) is 11.1 Å². The number of nitrogens with zero attached hydrogens (tertiary/aromatic N) is 3. The average molecular weight is 369 g/mol. The minimum atomic E-state index is -0.491. The van der Waals surface area contributed by atoms with Gasteiger partial charge >= 0.3 is 0 Å². The Labute approximate surface area is 164 Å². The molecular weight excluding hydrogens is 346 g/mol. The highest BCUT2D eigenvalue weighted by Gasteiger charge is 2.49. The maximum absolute atomic E-state index is 13.0. The van der Waals surface area contributed by atoms with E-state index in [-0.39, 0.29) is 5.91 Å². The molecule has 1 aliphatic heterocycles.